The van der Waals surface area contributed by atoms with Crippen molar-refractivity contribution in [3.05, 3.63) is 35.9 Å². The topological polar surface area (TPSA) is 61.9 Å². The van der Waals surface area contributed by atoms with Crippen molar-refractivity contribution >= 4 is 5.78 Å². The monoisotopic (exact) mass is 277 g/mol. The number of hydrogen-bond acceptors (Lipinski definition) is 4. The molecule has 1 saturated heterocycles. The molecule has 2 rings (SSSR count). The zero-order valence-corrected chi connectivity index (χ0v) is 12.3. The fourth-order valence-electron chi connectivity index (χ4n) is 2.42. The number of rotatable bonds is 7. The maximum absolute atomic E-state index is 12.7. The highest BCUT2D eigenvalue weighted by atomic mass is 16.6. The molecule has 20 heavy (non-hydrogen) atoms. The van der Waals surface area contributed by atoms with Gasteiger partial charge >= 0.3 is 0 Å². The largest absolute Gasteiger partial charge is 0.393 e. The number of aliphatic hydroxyl groups is 1. The van der Waals surface area contributed by atoms with Crippen LogP contribution in [0.15, 0.2) is 30.3 Å². The van der Waals surface area contributed by atoms with Crippen LogP contribution in [0.1, 0.15) is 19.4 Å². The zero-order valence-electron chi connectivity index (χ0n) is 12.3. The maximum Gasteiger partial charge on any atom is 0.174 e. The first kappa shape index (κ1) is 15.2. The Hall–Kier alpha value is -1.23. The van der Waals surface area contributed by atoms with Gasteiger partial charge in [-0.2, -0.15) is 0 Å². The van der Waals surface area contributed by atoms with Crippen molar-refractivity contribution in [1.82, 2.24) is 5.32 Å². The molecule has 1 fully saturated rings. The first-order chi connectivity index (χ1) is 9.45. The van der Waals surface area contributed by atoms with E-state index in [1.54, 1.807) is 0 Å². The van der Waals surface area contributed by atoms with Crippen molar-refractivity contribution < 1.29 is 14.6 Å². The van der Waals surface area contributed by atoms with Crippen molar-refractivity contribution in [3.63, 3.8) is 0 Å². The molecule has 1 aliphatic rings. The molecule has 1 heterocycles. The lowest BCUT2D eigenvalue weighted by Crippen LogP contribution is -2.52. The molecule has 4 heteroatoms. The highest BCUT2D eigenvalue weighted by Crippen LogP contribution is 2.35. The van der Waals surface area contributed by atoms with E-state index in [1.807, 2.05) is 51.2 Å². The van der Waals surface area contributed by atoms with Crippen LogP contribution in [0.3, 0.4) is 0 Å². The van der Waals surface area contributed by atoms with Crippen LogP contribution < -0.4 is 5.32 Å². The summed E-state index contributed by atoms with van der Waals surface area (Å²) in [5.74, 6) is -0.257. The average molecular weight is 277 g/mol. The van der Waals surface area contributed by atoms with Crippen LogP contribution in [0.4, 0.5) is 0 Å². The number of carbonyl (C=O) groups excluding carboxylic acids is 1. The SMILES string of the molecule is CNC(C)(C)[C@@H](Cc1ccccc1)C(=O)[C@@]1(CO)CO1. The van der Waals surface area contributed by atoms with Crippen LogP contribution in [-0.2, 0) is 16.0 Å². The first-order valence-corrected chi connectivity index (χ1v) is 6.97. The highest BCUT2D eigenvalue weighted by molar-refractivity contribution is 5.93. The lowest BCUT2D eigenvalue weighted by atomic mass is 9.76. The molecule has 1 aromatic carbocycles. The van der Waals surface area contributed by atoms with E-state index in [1.165, 1.54) is 0 Å². The number of benzene rings is 1. The number of ketones is 1. The van der Waals surface area contributed by atoms with Crippen molar-refractivity contribution in [1.29, 1.82) is 0 Å². The summed E-state index contributed by atoms with van der Waals surface area (Å²) in [5, 5.41) is 12.6. The summed E-state index contributed by atoms with van der Waals surface area (Å²) in [7, 11) is 1.85. The quantitative estimate of drug-likeness (QED) is 0.735. The minimum Gasteiger partial charge on any atom is -0.393 e. The van der Waals surface area contributed by atoms with Gasteiger partial charge in [-0.25, -0.2) is 0 Å². The van der Waals surface area contributed by atoms with E-state index in [4.69, 9.17) is 4.74 Å². The average Bonchev–Trinajstić information content (AvgIpc) is 3.26. The van der Waals surface area contributed by atoms with Crippen molar-refractivity contribution in [2.24, 2.45) is 5.92 Å². The van der Waals surface area contributed by atoms with Crippen molar-refractivity contribution in [2.75, 3.05) is 20.3 Å². The third-order valence-corrected chi connectivity index (χ3v) is 4.31. The Morgan fingerprint density at radius 3 is 2.50 bits per heavy atom. The lowest BCUT2D eigenvalue weighted by molar-refractivity contribution is -0.131. The third kappa shape index (κ3) is 2.92. The standard InChI is InChI=1S/C16H23NO3/c1-15(2,17-3)13(9-12-7-5-4-6-8-12)14(19)16(10-18)11-20-16/h4-8,13,17-18H,9-11H2,1-3H3/t13-,16+/m0/s1. The van der Waals surface area contributed by atoms with Gasteiger partial charge in [-0.3, -0.25) is 4.79 Å². The van der Waals surface area contributed by atoms with Gasteiger partial charge in [0.1, 0.15) is 0 Å². The Labute approximate surface area is 120 Å². The fourth-order valence-corrected chi connectivity index (χ4v) is 2.42. The second-order valence-corrected chi connectivity index (χ2v) is 6.02. The second kappa shape index (κ2) is 5.64. The molecule has 0 spiro atoms. The Bertz CT molecular complexity index is 466. The fraction of sp³-hybridized carbons (Fsp3) is 0.562. The molecule has 1 aromatic rings. The minimum absolute atomic E-state index is 0.0109. The number of hydrogen-bond donors (Lipinski definition) is 2. The van der Waals surface area contributed by atoms with E-state index >= 15 is 0 Å². The van der Waals surface area contributed by atoms with Crippen LogP contribution in [0.2, 0.25) is 0 Å². The molecular formula is C16H23NO3. The number of Topliss-reactive ketones (excluding diaryl/α,β-unsaturated/α-hetero) is 1. The summed E-state index contributed by atoms with van der Waals surface area (Å²) in [6.07, 6.45) is 0.638. The Kier molecular flexibility index (Phi) is 4.28. The molecule has 0 aromatic heterocycles. The van der Waals surface area contributed by atoms with Crippen molar-refractivity contribution in [2.45, 2.75) is 31.4 Å². The predicted molar refractivity (Wildman–Crippen MR) is 77.6 cm³/mol. The van der Waals surface area contributed by atoms with Gasteiger partial charge in [-0.15, -0.1) is 0 Å². The van der Waals surface area contributed by atoms with Gasteiger partial charge in [-0.05, 0) is 32.9 Å². The summed E-state index contributed by atoms with van der Waals surface area (Å²) in [4.78, 5) is 12.7. The molecule has 0 bridgehead atoms. The number of nitrogens with one attached hydrogen (secondary N) is 1. The van der Waals surface area contributed by atoms with Crippen LogP contribution in [0, 0.1) is 5.92 Å². The molecule has 0 saturated carbocycles. The van der Waals surface area contributed by atoms with E-state index in [-0.39, 0.29) is 23.8 Å². The summed E-state index contributed by atoms with van der Waals surface area (Å²) in [5.41, 5.74) is -0.211. The minimum atomic E-state index is -0.965. The van der Waals surface area contributed by atoms with E-state index in [0.717, 1.165) is 5.56 Å². The molecule has 0 aliphatic carbocycles. The van der Waals surface area contributed by atoms with Crippen molar-refractivity contribution in [3.8, 4) is 0 Å². The smallest absolute Gasteiger partial charge is 0.174 e. The van der Waals surface area contributed by atoms with E-state index in [2.05, 4.69) is 5.32 Å². The zero-order chi connectivity index (χ0) is 14.8. The molecule has 0 unspecified atom stereocenters. The molecule has 4 nitrogen and oxygen atoms in total. The number of aliphatic hydroxyl groups excluding tert-OH is 1. The molecular weight excluding hydrogens is 254 g/mol. The molecule has 1 aliphatic heterocycles. The second-order valence-electron chi connectivity index (χ2n) is 6.02. The van der Waals surface area contributed by atoms with Crippen LogP contribution in [0.25, 0.3) is 0 Å². The molecule has 110 valence electrons. The van der Waals surface area contributed by atoms with E-state index < -0.39 is 5.60 Å². The summed E-state index contributed by atoms with van der Waals surface area (Å²) >= 11 is 0. The lowest BCUT2D eigenvalue weighted by Gasteiger charge is -2.34. The third-order valence-electron chi connectivity index (χ3n) is 4.31. The molecule has 0 amide bonds. The molecule has 0 radical (unpaired) electrons. The number of ether oxygens (including phenoxy) is 1. The van der Waals surface area contributed by atoms with Gasteiger partial charge in [0.2, 0.25) is 0 Å². The number of epoxide rings is 1. The van der Waals surface area contributed by atoms with Gasteiger partial charge in [0.05, 0.1) is 13.2 Å². The van der Waals surface area contributed by atoms with Gasteiger partial charge in [0.15, 0.2) is 11.4 Å². The van der Waals surface area contributed by atoms with Crippen LogP contribution >= 0.6 is 0 Å². The Balaban J connectivity index is 2.24. The normalized spacial score (nSPS) is 23.4. The maximum atomic E-state index is 12.7. The highest BCUT2D eigenvalue weighted by Gasteiger charge is 2.55. The predicted octanol–water partition coefficient (Wildman–Crippen LogP) is 1.17. The van der Waals surface area contributed by atoms with Crippen LogP contribution in [0.5, 0.6) is 0 Å². The van der Waals surface area contributed by atoms with Gasteiger partial charge in [-0.1, -0.05) is 30.3 Å². The van der Waals surface area contributed by atoms with E-state index in [0.29, 0.717) is 13.0 Å². The number of carbonyl (C=O) groups is 1. The van der Waals surface area contributed by atoms with Gasteiger partial charge in [0.25, 0.3) is 0 Å². The van der Waals surface area contributed by atoms with E-state index in [9.17, 15) is 9.90 Å². The Morgan fingerprint density at radius 1 is 1.45 bits per heavy atom. The summed E-state index contributed by atoms with van der Waals surface area (Å²) < 4.78 is 5.24. The molecule has 2 atom stereocenters. The summed E-state index contributed by atoms with van der Waals surface area (Å²) in [6.45, 7) is 4.10. The van der Waals surface area contributed by atoms with Crippen LogP contribution in [-0.4, -0.2) is 42.3 Å². The first-order valence-electron chi connectivity index (χ1n) is 6.97. The molecule has 2 N–H and O–H groups in total. The van der Waals surface area contributed by atoms with Gasteiger partial charge < -0.3 is 15.2 Å². The Morgan fingerprint density at radius 2 is 2.05 bits per heavy atom. The van der Waals surface area contributed by atoms with Gasteiger partial charge in [0, 0.05) is 11.5 Å². The summed E-state index contributed by atoms with van der Waals surface area (Å²) in [6, 6.07) is 9.94.